The van der Waals surface area contributed by atoms with Crippen molar-refractivity contribution in [2.45, 2.75) is 37.8 Å². The number of hydrogen-bond acceptors (Lipinski definition) is 5. The largest absolute Gasteiger partial charge is 0.497 e. The van der Waals surface area contributed by atoms with Crippen molar-refractivity contribution in [1.29, 1.82) is 0 Å². The summed E-state index contributed by atoms with van der Waals surface area (Å²) < 4.78 is 48.2. The fraction of sp³-hybridized carbons (Fsp3) is 0.257. The molecule has 0 aliphatic rings. The van der Waals surface area contributed by atoms with Gasteiger partial charge in [-0.05, 0) is 77.7 Å². The molecule has 2 amide bonds. The highest BCUT2D eigenvalue weighted by atomic mass is 35.5. The molecule has 1 atom stereocenters. The second-order valence-corrected chi connectivity index (χ2v) is 14.0. The van der Waals surface area contributed by atoms with Crippen LogP contribution in [0.15, 0.2) is 102 Å². The molecular formula is C35H36Cl2FN3O5S. The number of anilines is 1. The number of hydrogen-bond donors (Lipinski definition) is 1. The normalized spacial score (nSPS) is 12.0. The van der Waals surface area contributed by atoms with E-state index in [1.807, 2.05) is 44.2 Å². The van der Waals surface area contributed by atoms with Gasteiger partial charge in [-0.2, -0.15) is 0 Å². The van der Waals surface area contributed by atoms with E-state index in [4.69, 9.17) is 27.9 Å². The van der Waals surface area contributed by atoms with E-state index in [2.05, 4.69) is 5.32 Å². The lowest BCUT2D eigenvalue weighted by Crippen LogP contribution is -2.53. The predicted octanol–water partition coefficient (Wildman–Crippen LogP) is 6.75. The van der Waals surface area contributed by atoms with Gasteiger partial charge in [0.25, 0.3) is 10.0 Å². The van der Waals surface area contributed by atoms with E-state index in [0.29, 0.717) is 22.9 Å². The summed E-state index contributed by atoms with van der Waals surface area (Å²) in [6, 6.07) is 23.4. The zero-order valence-corrected chi connectivity index (χ0v) is 28.5. The minimum atomic E-state index is -4.37. The third-order valence-electron chi connectivity index (χ3n) is 7.35. The first-order valence-electron chi connectivity index (χ1n) is 14.9. The Balaban J connectivity index is 1.81. The van der Waals surface area contributed by atoms with Gasteiger partial charge in [0.2, 0.25) is 11.8 Å². The molecule has 248 valence electrons. The summed E-state index contributed by atoms with van der Waals surface area (Å²) in [4.78, 5) is 29.6. The van der Waals surface area contributed by atoms with Crippen LogP contribution in [0, 0.1) is 11.7 Å². The van der Waals surface area contributed by atoms with Crippen molar-refractivity contribution in [3.8, 4) is 5.75 Å². The smallest absolute Gasteiger partial charge is 0.264 e. The van der Waals surface area contributed by atoms with Gasteiger partial charge in [-0.1, -0.05) is 73.4 Å². The zero-order chi connectivity index (χ0) is 34.1. The van der Waals surface area contributed by atoms with Crippen molar-refractivity contribution in [1.82, 2.24) is 10.2 Å². The molecule has 0 aromatic heterocycles. The Labute approximate surface area is 285 Å². The number of methoxy groups -OCH3 is 1. The summed E-state index contributed by atoms with van der Waals surface area (Å²) in [6.45, 7) is 3.44. The van der Waals surface area contributed by atoms with Gasteiger partial charge < -0.3 is 15.0 Å². The molecule has 4 rings (SSSR count). The maximum atomic E-state index is 14.5. The van der Waals surface area contributed by atoms with Crippen LogP contribution in [-0.2, 0) is 32.6 Å². The Bertz CT molecular complexity index is 1770. The van der Waals surface area contributed by atoms with Crippen LogP contribution in [0.4, 0.5) is 10.1 Å². The number of carbonyl (C=O) groups excluding carboxylic acids is 2. The van der Waals surface area contributed by atoms with E-state index in [-0.39, 0.29) is 34.5 Å². The Hall–Kier alpha value is -4.12. The predicted molar refractivity (Wildman–Crippen MR) is 183 cm³/mol. The van der Waals surface area contributed by atoms with Crippen LogP contribution < -0.4 is 14.4 Å². The Morgan fingerprint density at radius 2 is 1.57 bits per heavy atom. The maximum absolute atomic E-state index is 14.5. The summed E-state index contributed by atoms with van der Waals surface area (Å²) in [5.74, 6) is -1.10. The summed E-state index contributed by atoms with van der Waals surface area (Å²) in [5, 5.41) is 3.60. The average Bonchev–Trinajstić information content (AvgIpc) is 3.05. The molecule has 4 aromatic rings. The van der Waals surface area contributed by atoms with Crippen LogP contribution >= 0.6 is 23.2 Å². The number of amides is 2. The lowest BCUT2D eigenvalue weighted by atomic mass is 10.0. The van der Waals surface area contributed by atoms with Gasteiger partial charge in [0, 0.05) is 29.6 Å². The maximum Gasteiger partial charge on any atom is 0.264 e. The zero-order valence-electron chi connectivity index (χ0n) is 26.2. The molecule has 47 heavy (non-hydrogen) atoms. The molecule has 0 spiro atoms. The molecule has 1 unspecified atom stereocenters. The van der Waals surface area contributed by atoms with Gasteiger partial charge in [0.1, 0.15) is 24.2 Å². The number of rotatable bonds is 14. The first-order chi connectivity index (χ1) is 22.4. The van der Waals surface area contributed by atoms with Gasteiger partial charge >= 0.3 is 0 Å². The topological polar surface area (TPSA) is 96.0 Å². The molecule has 0 bridgehead atoms. The lowest BCUT2D eigenvalue weighted by Gasteiger charge is -2.34. The van der Waals surface area contributed by atoms with Gasteiger partial charge in [-0.25, -0.2) is 12.8 Å². The quantitative estimate of drug-likeness (QED) is 0.157. The van der Waals surface area contributed by atoms with Crippen LogP contribution in [0.25, 0.3) is 0 Å². The third kappa shape index (κ3) is 9.47. The molecule has 0 radical (unpaired) electrons. The molecule has 4 aromatic carbocycles. The number of benzene rings is 4. The van der Waals surface area contributed by atoms with Gasteiger partial charge in [0.15, 0.2) is 0 Å². The van der Waals surface area contributed by atoms with Crippen molar-refractivity contribution in [2.75, 3.05) is 24.5 Å². The van der Waals surface area contributed by atoms with Crippen molar-refractivity contribution in [3.63, 3.8) is 0 Å². The van der Waals surface area contributed by atoms with Gasteiger partial charge in [-0.3, -0.25) is 13.9 Å². The van der Waals surface area contributed by atoms with E-state index in [1.165, 1.54) is 54.5 Å². The third-order valence-corrected chi connectivity index (χ3v) is 9.73. The highest BCUT2D eigenvalue weighted by molar-refractivity contribution is 7.92. The minimum absolute atomic E-state index is 0.0592. The average molecular weight is 701 g/mol. The fourth-order valence-corrected chi connectivity index (χ4v) is 6.70. The molecule has 8 nitrogen and oxygen atoms in total. The van der Waals surface area contributed by atoms with Crippen LogP contribution in [-0.4, -0.2) is 51.4 Å². The monoisotopic (exact) mass is 699 g/mol. The molecule has 0 aliphatic heterocycles. The Morgan fingerprint density at radius 1 is 0.915 bits per heavy atom. The second-order valence-electron chi connectivity index (χ2n) is 11.3. The van der Waals surface area contributed by atoms with Crippen LogP contribution in [0.2, 0.25) is 10.0 Å². The van der Waals surface area contributed by atoms with Gasteiger partial charge in [0.05, 0.1) is 17.7 Å². The number of nitrogens with zero attached hydrogens (tertiary/aromatic N) is 2. The van der Waals surface area contributed by atoms with E-state index in [0.717, 1.165) is 22.0 Å². The number of ether oxygens (including phenoxy) is 1. The molecule has 0 heterocycles. The molecule has 0 saturated carbocycles. The molecule has 0 aliphatic carbocycles. The van der Waals surface area contributed by atoms with E-state index in [1.54, 1.807) is 12.1 Å². The molecule has 1 N–H and O–H groups in total. The van der Waals surface area contributed by atoms with Crippen molar-refractivity contribution in [2.24, 2.45) is 5.92 Å². The molecular weight excluding hydrogens is 664 g/mol. The van der Waals surface area contributed by atoms with Crippen LogP contribution in [0.5, 0.6) is 5.75 Å². The fourth-order valence-electron chi connectivity index (χ4n) is 4.82. The molecule has 0 saturated heterocycles. The van der Waals surface area contributed by atoms with E-state index >= 15 is 0 Å². The second kappa shape index (κ2) is 16.1. The SMILES string of the molecule is COc1ccc(S(=O)(=O)N(CC(=O)N(Cc2ccc(Cl)cc2Cl)C(Cc2ccccc2)C(=O)NCC(C)C)c2ccc(F)cc2)cc1. The highest BCUT2D eigenvalue weighted by Crippen LogP contribution is 2.28. The summed E-state index contributed by atoms with van der Waals surface area (Å²) in [7, 11) is -2.91. The van der Waals surface area contributed by atoms with E-state index in [9.17, 15) is 22.4 Å². The summed E-state index contributed by atoms with van der Waals surface area (Å²) in [5.41, 5.74) is 1.35. The van der Waals surface area contributed by atoms with Crippen molar-refractivity contribution < 1.29 is 27.1 Å². The summed E-state index contributed by atoms with van der Waals surface area (Å²) >= 11 is 12.7. The van der Waals surface area contributed by atoms with Crippen LogP contribution in [0.3, 0.4) is 0 Å². The Morgan fingerprint density at radius 3 is 2.17 bits per heavy atom. The van der Waals surface area contributed by atoms with Crippen molar-refractivity contribution >= 4 is 50.7 Å². The Kier molecular flexibility index (Phi) is 12.3. The number of sulfonamides is 1. The summed E-state index contributed by atoms with van der Waals surface area (Å²) in [6.07, 6.45) is 0.142. The number of halogens is 3. The van der Waals surface area contributed by atoms with E-state index < -0.39 is 40.2 Å². The first kappa shape index (κ1) is 35.7. The van der Waals surface area contributed by atoms with Crippen molar-refractivity contribution in [3.05, 3.63) is 124 Å². The number of nitrogens with one attached hydrogen (secondary N) is 1. The van der Waals surface area contributed by atoms with Crippen LogP contribution in [0.1, 0.15) is 25.0 Å². The molecule has 0 fully saturated rings. The van der Waals surface area contributed by atoms with Gasteiger partial charge in [-0.15, -0.1) is 0 Å². The number of carbonyl (C=O) groups is 2. The first-order valence-corrected chi connectivity index (χ1v) is 17.1. The lowest BCUT2D eigenvalue weighted by molar-refractivity contribution is -0.140. The minimum Gasteiger partial charge on any atom is -0.497 e. The highest BCUT2D eigenvalue weighted by Gasteiger charge is 2.35. The standard InChI is InChI=1S/C35H36Cl2FN3O5S/c1-24(2)21-39-35(43)33(19-25-7-5-4-6-8-25)40(22-26-9-10-27(36)20-32(26)37)34(42)23-41(29-13-11-28(38)12-14-29)47(44,45)31-17-15-30(46-3)16-18-31/h4-18,20,24,33H,19,21-23H2,1-3H3,(H,39,43). The molecule has 12 heteroatoms.